The molecule has 4 aliphatic carbocycles. The highest BCUT2D eigenvalue weighted by atomic mass is 32.1. The third-order valence-corrected chi connectivity index (χ3v) is 12.3. The minimum absolute atomic E-state index is 0. The second kappa shape index (κ2) is 34.4. The number of carboxylic acids is 1. The first kappa shape index (κ1) is 64.2. The Hall–Kier alpha value is -2.91. The third-order valence-electron chi connectivity index (χ3n) is 11.8. The van der Waals surface area contributed by atoms with Crippen molar-refractivity contribution in [3.05, 3.63) is 47.5 Å². The van der Waals surface area contributed by atoms with Gasteiger partial charge in [-0.3, -0.25) is 9.59 Å². The predicted octanol–water partition coefficient (Wildman–Crippen LogP) is 3.17. The van der Waals surface area contributed by atoms with Gasteiger partial charge in [-0.05, 0) is 141 Å². The van der Waals surface area contributed by atoms with E-state index >= 15 is 0 Å². The molecule has 0 aliphatic heterocycles. The van der Waals surface area contributed by atoms with Gasteiger partial charge in [0.2, 0.25) is 5.91 Å². The summed E-state index contributed by atoms with van der Waals surface area (Å²) in [4.78, 5) is 22.7. The van der Waals surface area contributed by atoms with E-state index in [4.69, 9.17) is 32.4 Å². The number of aromatic nitrogens is 3. The molecule has 4 aliphatic rings. The van der Waals surface area contributed by atoms with Crippen LogP contribution in [-0.4, -0.2) is 130 Å². The van der Waals surface area contributed by atoms with Crippen LogP contribution in [0.15, 0.2) is 30.3 Å². The number of carboxylic acid groups (broad SMARTS) is 1. The molecule has 1 amide bonds. The number of benzene rings is 1. The molecule has 0 bridgehead atoms. The van der Waals surface area contributed by atoms with Gasteiger partial charge in [0, 0.05) is 45.3 Å². The SMILES string of the molecule is C.C.C.CB(O)NC1CCC(C(=O)O)C1.CB(O)NC1CCC(c2nnc(Cc3ccccc3)n2C)C1.CN.CNC(=O)C1CCC(NB(C)O)C1.CNC(=S)C1CCC(NB(C)O)C1. The van der Waals surface area contributed by atoms with Crippen molar-refractivity contribution in [2.75, 3.05) is 21.1 Å². The van der Waals surface area contributed by atoms with E-state index in [1.165, 1.54) is 12.6 Å². The normalized spacial score (nSPS) is 23.5. The molecule has 6 rings (SSSR count). The number of carbonyl (C=O) groups is 2. The van der Waals surface area contributed by atoms with E-state index in [1.54, 1.807) is 34.3 Å². The first-order valence-electron chi connectivity index (χ1n) is 22.4. The highest BCUT2D eigenvalue weighted by Crippen LogP contribution is 2.34. The molecule has 0 saturated heterocycles. The van der Waals surface area contributed by atoms with Crippen LogP contribution in [0.4, 0.5) is 0 Å². The number of hydrogen-bond donors (Lipinski definition) is 12. The van der Waals surface area contributed by atoms with Crippen molar-refractivity contribution in [2.24, 2.45) is 30.5 Å². The van der Waals surface area contributed by atoms with Gasteiger partial charge in [-0.15, -0.1) is 10.2 Å². The quantitative estimate of drug-likeness (QED) is 0.0959. The average Bonchev–Trinajstić information content (AvgIpc) is 4.09. The van der Waals surface area contributed by atoms with Gasteiger partial charge in [-0.1, -0.05) is 64.8 Å². The van der Waals surface area contributed by atoms with E-state index in [9.17, 15) is 14.6 Å². The van der Waals surface area contributed by atoms with Crippen molar-refractivity contribution in [3.63, 3.8) is 0 Å². The molecule has 1 aromatic heterocycles. The maximum Gasteiger partial charge on any atom is 0.373 e. The van der Waals surface area contributed by atoms with Crippen molar-refractivity contribution in [2.45, 2.75) is 163 Å². The lowest BCUT2D eigenvalue weighted by Gasteiger charge is -2.14. The lowest BCUT2D eigenvalue weighted by atomic mass is 9.87. The van der Waals surface area contributed by atoms with Crippen LogP contribution < -0.4 is 37.3 Å². The summed E-state index contributed by atoms with van der Waals surface area (Å²) in [5.74, 6) is 2.31. The topological polar surface area (TPSA) is 264 Å². The van der Waals surface area contributed by atoms with Crippen LogP contribution in [0.5, 0.6) is 0 Å². The molecule has 2 aromatic rings. The average molecular weight is 933 g/mol. The van der Waals surface area contributed by atoms with Gasteiger partial charge >= 0.3 is 34.2 Å². The molecule has 4 fully saturated rings. The van der Waals surface area contributed by atoms with Gasteiger partial charge in [-0.2, -0.15) is 0 Å². The number of thiocarbonyl (C=S) groups is 1. The van der Waals surface area contributed by atoms with E-state index in [0.717, 1.165) is 93.7 Å². The monoisotopic (exact) mass is 933 g/mol. The lowest BCUT2D eigenvalue weighted by molar-refractivity contribution is -0.141. The Labute approximate surface area is 399 Å². The van der Waals surface area contributed by atoms with E-state index in [-0.39, 0.29) is 46.1 Å². The largest absolute Gasteiger partial charge is 0.481 e. The number of nitrogens with two attached hydrogens (primary N) is 1. The molecule has 1 heterocycles. The number of aliphatic carboxylic acids is 1. The van der Waals surface area contributed by atoms with E-state index in [2.05, 4.69) is 83.4 Å². The number of carbonyl (C=O) groups excluding carboxylic acids is 1. The van der Waals surface area contributed by atoms with Crippen molar-refractivity contribution in [1.29, 1.82) is 0 Å². The van der Waals surface area contributed by atoms with Crippen LogP contribution in [0.25, 0.3) is 0 Å². The second-order valence-corrected chi connectivity index (χ2v) is 17.4. The molecule has 4 saturated carbocycles. The fourth-order valence-corrected chi connectivity index (χ4v) is 9.12. The Bertz CT molecular complexity index is 1550. The zero-order valence-electron chi connectivity index (χ0n) is 38.4. The highest BCUT2D eigenvalue weighted by molar-refractivity contribution is 7.80. The van der Waals surface area contributed by atoms with Gasteiger partial charge < -0.3 is 67.0 Å². The zero-order chi connectivity index (χ0) is 46.4. The molecule has 17 nitrogen and oxygen atoms in total. The summed E-state index contributed by atoms with van der Waals surface area (Å²) in [6.07, 6.45) is 12.2. The van der Waals surface area contributed by atoms with Crippen LogP contribution in [-0.2, 0) is 23.1 Å². The molecule has 22 heteroatoms. The summed E-state index contributed by atoms with van der Waals surface area (Å²) < 4.78 is 2.14. The molecule has 1 aromatic carbocycles. The Morgan fingerprint density at radius 1 is 0.662 bits per heavy atom. The number of nitrogens with one attached hydrogen (secondary N) is 6. The van der Waals surface area contributed by atoms with Crippen LogP contribution in [0.2, 0.25) is 27.3 Å². The number of hydrogen-bond acceptors (Lipinski definition) is 14. The Morgan fingerprint density at radius 3 is 1.51 bits per heavy atom. The van der Waals surface area contributed by atoms with Crippen LogP contribution in [0, 0.1) is 17.8 Å². The molecule has 370 valence electrons. The molecule has 13 N–H and O–H groups in total. The van der Waals surface area contributed by atoms with Crippen molar-refractivity contribution in [1.82, 2.24) is 46.3 Å². The van der Waals surface area contributed by atoms with Gasteiger partial charge in [0.25, 0.3) is 0 Å². The molecule has 8 unspecified atom stereocenters. The second-order valence-electron chi connectivity index (χ2n) is 17.0. The summed E-state index contributed by atoms with van der Waals surface area (Å²) in [7, 11) is 5.22. The highest BCUT2D eigenvalue weighted by Gasteiger charge is 2.33. The molecular weight excluding hydrogens is 844 g/mol. The summed E-state index contributed by atoms with van der Waals surface area (Å²) in [6, 6.07) is 11.6. The zero-order valence-corrected chi connectivity index (χ0v) is 39.2. The van der Waals surface area contributed by atoms with Gasteiger partial charge in [0.1, 0.15) is 11.6 Å². The van der Waals surface area contributed by atoms with Crippen LogP contribution in [0.3, 0.4) is 0 Å². The number of nitrogens with zero attached hydrogens (tertiary/aromatic N) is 3. The minimum atomic E-state index is -0.718. The first-order valence-corrected chi connectivity index (χ1v) is 22.8. The summed E-state index contributed by atoms with van der Waals surface area (Å²) >= 11 is 5.18. The molecular formula is C43H88B4N10O7S. The van der Waals surface area contributed by atoms with Crippen molar-refractivity contribution < 1.29 is 34.8 Å². The molecule has 65 heavy (non-hydrogen) atoms. The summed E-state index contributed by atoms with van der Waals surface area (Å²) in [5, 5.41) is 72.1. The van der Waals surface area contributed by atoms with Crippen LogP contribution >= 0.6 is 12.2 Å². The molecule has 0 radical (unpaired) electrons. The Morgan fingerprint density at radius 2 is 1.08 bits per heavy atom. The fraction of sp³-hybridized carbons (Fsp3) is 0.744. The molecule has 8 atom stereocenters. The molecule has 0 spiro atoms. The van der Waals surface area contributed by atoms with E-state index in [1.807, 2.05) is 13.1 Å². The van der Waals surface area contributed by atoms with Crippen LogP contribution in [0.1, 0.15) is 122 Å². The Balaban J connectivity index is 0. The van der Waals surface area contributed by atoms with E-state index < -0.39 is 34.2 Å². The summed E-state index contributed by atoms with van der Waals surface area (Å²) in [6.45, 7) is 6.87. The van der Waals surface area contributed by atoms with Gasteiger partial charge in [0.05, 0.1) is 10.9 Å². The van der Waals surface area contributed by atoms with Crippen molar-refractivity contribution in [3.8, 4) is 0 Å². The predicted molar refractivity (Wildman–Crippen MR) is 276 cm³/mol. The van der Waals surface area contributed by atoms with Gasteiger partial charge in [-0.25, -0.2) is 0 Å². The minimum Gasteiger partial charge on any atom is -0.481 e. The smallest absolute Gasteiger partial charge is 0.373 e. The number of amides is 1. The van der Waals surface area contributed by atoms with E-state index in [0.29, 0.717) is 36.4 Å². The lowest BCUT2D eigenvalue weighted by Crippen LogP contribution is -2.39. The summed E-state index contributed by atoms with van der Waals surface area (Å²) in [5.41, 5.74) is 5.75. The standard InChI is InChI=1S/C16H23BN4O.C8H17BN2O2.C8H17BN2OS.C7H14BNO3.CH5N.3CH4/c1-17(22)18-14-9-8-13(11-14)16-20-19-15(21(16)2)10-12-6-4-3-5-7-12;1-9(13)11-7-4-3-6(5-7)8(12)10-2;1-9(12)11-7-4-3-6(5-7)8(13)10-2;1-8(12)9-6-3-2-5(4-6)7(10)11;1-2;;;/h3-7,13-14,18,22H,8-11H2,1-2H3;6-7,11,13H,3-5H2,1-2H3,(H,10,12);6-7,11-12H,3-5H2,1-2H3,(H,10,13);5-6,9,12H,2-4H2,1H3,(H,10,11);2H2,1H3;3*1H4. The van der Waals surface area contributed by atoms with Crippen molar-refractivity contribution >= 4 is 57.3 Å². The van der Waals surface area contributed by atoms with Gasteiger partial charge in [0.15, 0.2) is 0 Å². The maximum absolute atomic E-state index is 11.2. The number of rotatable bonds is 14. The first-order chi connectivity index (χ1) is 29.5. The third kappa shape index (κ3) is 24.1. The Kier molecular flexibility index (Phi) is 34.0. The maximum atomic E-state index is 11.2. The fourth-order valence-electron chi connectivity index (χ4n) is 8.90.